The maximum absolute atomic E-state index is 14.5. The molecule has 1 aromatic heterocycles. The molecule has 7 heteroatoms. The Morgan fingerprint density at radius 1 is 1.00 bits per heavy atom. The number of halogens is 1. The fourth-order valence-electron chi connectivity index (χ4n) is 4.71. The van der Waals surface area contributed by atoms with E-state index in [1.807, 2.05) is 79.7 Å². The molecule has 3 aromatic carbocycles. The van der Waals surface area contributed by atoms with Crippen LogP contribution in [0, 0.1) is 12.1 Å². The van der Waals surface area contributed by atoms with Gasteiger partial charge in [-0.25, -0.2) is 4.79 Å². The molecule has 1 amide bonds. The number of thiophene rings is 1. The number of aliphatic carboxylic acids is 1. The van der Waals surface area contributed by atoms with Crippen LogP contribution in [0.25, 0.3) is 21.6 Å². The molecule has 37 heavy (non-hydrogen) atoms. The van der Waals surface area contributed by atoms with E-state index in [1.165, 1.54) is 6.07 Å². The van der Waals surface area contributed by atoms with E-state index in [0.717, 1.165) is 44.7 Å². The highest BCUT2D eigenvalue weighted by Crippen LogP contribution is 2.49. The number of carbonyl (C=O) groups excluding carboxylic acids is 1. The number of rotatable bonds is 7. The fraction of sp³-hybridized carbons (Fsp3) is 0.200. The number of anilines is 1. The number of benzene rings is 3. The van der Waals surface area contributed by atoms with Crippen molar-refractivity contribution in [1.29, 1.82) is 0 Å². The summed E-state index contributed by atoms with van der Waals surface area (Å²) in [5.74, 6) is -0.797. The number of hydrogen-bond donors (Lipinski definition) is 2. The van der Waals surface area contributed by atoms with Gasteiger partial charge in [-0.1, -0.05) is 72.8 Å². The third kappa shape index (κ3) is 4.87. The summed E-state index contributed by atoms with van der Waals surface area (Å²) in [7, 11) is 0. The SMILES string of the molecule is Cc1ccccc1C(C)OC(=O)Nc1cc(F)sc1-c1ccccc1-c1ccc(C2(C(=O)O)CC2)cc1. The van der Waals surface area contributed by atoms with Gasteiger partial charge in [-0.15, -0.1) is 11.3 Å². The number of carboxylic acid groups (broad SMARTS) is 1. The number of aryl methyl sites for hydroxylation is 1. The van der Waals surface area contributed by atoms with Crippen LogP contribution in [-0.2, 0) is 14.9 Å². The Kier molecular flexibility index (Phi) is 6.56. The summed E-state index contributed by atoms with van der Waals surface area (Å²) in [5, 5.41) is 11.9. The quantitative estimate of drug-likeness (QED) is 0.262. The Morgan fingerprint density at radius 3 is 2.30 bits per heavy atom. The largest absolute Gasteiger partial charge is 0.481 e. The molecule has 0 radical (unpaired) electrons. The molecular formula is C30H26FNO4S. The van der Waals surface area contributed by atoms with Gasteiger partial charge in [0.2, 0.25) is 0 Å². The molecule has 1 fully saturated rings. The fourth-order valence-corrected chi connectivity index (χ4v) is 5.59. The van der Waals surface area contributed by atoms with Crippen LogP contribution in [0.15, 0.2) is 78.9 Å². The van der Waals surface area contributed by atoms with Gasteiger partial charge in [0.05, 0.1) is 16.0 Å². The molecule has 0 spiro atoms. The standard InChI is InChI=1S/C30H26FNO4S/c1-18-7-3-4-8-22(18)19(2)36-29(35)32-25-17-26(31)37-27(25)24-10-6-5-9-23(24)20-11-13-21(14-12-20)30(15-16-30)28(33)34/h3-14,17,19H,15-16H2,1-2H3,(H,32,35)(H,33,34). The highest BCUT2D eigenvalue weighted by atomic mass is 32.1. The first-order valence-electron chi connectivity index (χ1n) is 12.0. The molecule has 0 aliphatic heterocycles. The minimum absolute atomic E-state index is 0.330. The lowest BCUT2D eigenvalue weighted by Crippen LogP contribution is -2.19. The van der Waals surface area contributed by atoms with Crippen molar-refractivity contribution < 1.29 is 23.8 Å². The van der Waals surface area contributed by atoms with Gasteiger partial charge in [0.15, 0.2) is 5.13 Å². The van der Waals surface area contributed by atoms with Crippen molar-refractivity contribution >= 4 is 29.1 Å². The van der Waals surface area contributed by atoms with Gasteiger partial charge in [-0.05, 0) is 54.5 Å². The van der Waals surface area contributed by atoms with Crippen LogP contribution in [0.4, 0.5) is 14.9 Å². The third-order valence-corrected chi connectivity index (χ3v) is 7.89. The maximum Gasteiger partial charge on any atom is 0.412 e. The van der Waals surface area contributed by atoms with E-state index in [1.54, 1.807) is 6.92 Å². The number of amides is 1. The Balaban J connectivity index is 1.41. The van der Waals surface area contributed by atoms with Crippen molar-refractivity contribution in [3.8, 4) is 21.6 Å². The normalized spacial score (nSPS) is 14.6. The predicted molar refractivity (Wildman–Crippen MR) is 143 cm³/mol. The molecule has 1 aliphatic carbocycles. The van der Waals surface area contributed by atoms with E-state index >= 15 is 0 Å². The lowest BCUT2D eigenvalue weighted by molar-refractivity contribution is -0.140. The Bertz CT molecular complexity index is 1470. The lowest BCUT2D eigenvalue weighted by atomic mass is 9.92. The minimum atomic E-state index is -0.797. The molecule has 5 rings (SSSR count). The number of hydrogen-bond acceptors (Lipinski definition) is 4. The summed E-state index contributed by atoms with van der Waals surface area (Å²) in [6.45, 7) is 3.75. The van der Waals surface area contributed by atoms with Crippen LogP contribution in [0.1, 0.15) is 42.6 Å². The van der Waals surface area contributed by atoms with E-state index in [4.69, 9.17) is 4.74 Å². The van der Waals surface area contributed by atoms with E-state index < -0.39 is 28.7 Å². The molecule has 2 N–H and O–H groups in total. The highest BCUT2D eigenvalue weighted by molar-refractivity contribution is 7.14. The van der Waals surface area contributed by atoms with Gasteiger partial charge < -0.3 is 9.84 Å². The van der Waals surface area contributed by atoms with Gasteiger partial charge in [0.1, 0.15) is 6.10 Å². The first-order valence-corrected chi connectivity index (χ1v) is 12.9. The van der Waals surface area contributed by atoms with Gasteiger partial charge >= 0.3 is 12.1 Å². The Labute approximate surface area is 218 Å². The third-order valence-electron chi connectivity index (χ3n) is 6.93. The molecule has 1 saturated carbocycles. The second kappa shape index (κ2) is 9.82. The monoisotopic (exact) mass is 515 g/mol. The molecule has 1 atom stereocenters. The summed E-state index contributed by atoms with van der Waals surface area (Å²) >= 11 is 0.943. The van der Waals surface area contributed by atoms with Crippen molar-refractivity contribution in [2.75, 3.05) is 5.32 Å². The molecule has 5 nitrogen and oxygen atoms in total. The molecule has 4 aromatic rings. The van der Waals surface area contributed by atoms with Crippen molar-refractivity contribution in [3.05, 3.63) is 101 Å². The smallest absolute Gasteiger partial charge is 0.412 e. The molecule has 0 saturated heterocycles. The number of carbonyl (C=O) groups is 2. The summed E-state index contributed by atoms with van der Waals surface area (Å²) < 4.78 is 20.1. The first kappa shape index (κ1) is 24.7. The van der Waals surface area contributed by atoms with Crippen LogP contribution < -0.4 is 5.32 Å². The van der Waals surface area contributed by atoms with Crippen LogP contribution in [0.2, 0.25) is 0 Å². The summed E-state index contributed by atoms with van der Waals surface area (Å²) in [5.41, 5.74) is 4.73. The second-order valence-corrected chi connectivity index (χ2v) is 10.3. The zero-order valence-electron chi connectivity index (χ0n) is 20.5. The summed E-state index contributed by atoms with van der Waals surface area (Å²) in [4.78, 5) is 25.0. The van der Waals surface area contributed by atoms with Gasteiger partial charge in [0, 0.05) is 11.6 Å². The van der Waals surface area contributed by atoms with Crippen LogP contribution in [0.3, 0.4) is 0 Å². The minimum Gasteiger partial charge on any atom is -0.481 e. The molecule has 0 bridgehead atoms. The number of nitrogens with one attached hydrogen (secondary N) is 1. The van der Waals surface area contributed by atoms with Gasteiger partial charge in [-0.2, -0.15) is 4.39 Å². The maximum atomic E-state index is 14.5. The van der Waals surface area contributed by atoms with E-state index in [2.05, 4.69) is 5.32 Å². The van der Waals surface area contributed by atoms with Gasteiger partial charge in [0.25, 0.3) is 0 Å². The second-order valence-electron chi connectivity index (χ2n) is 9.33. The van der Waals surface area contributed by atoms with E-state index in [0.29, 0.717) is 23.4 Å². The van der Waals surface area contributed by atoms with Crippen LogP contribution in [-0.4, -0.2) is 17.2 Å². The molecule has 1 heterocycles. The molecule has 1 unspecified atom stereocenters. The topological polar surface area (TPSA) is 75.6 Å². The Hall–Kier alpha value is -3.97. The predicted octanol–water partition coefficient (Wildman–Crippen LogP) is 7.96. The molecule has 188 valence electrons. The molecular weight excluding hydrogens is 489 g/mol. The average Bonchev–Trinajstić information content (AvgIpc) is 3.62. The van der Waals surface area contributed by atoms with Crippen molar-refractivity contribution in [2.45, 2.75) is 38.2 Å². The van der Waals surface area contributed by atoms with E-state index in [9.17, 15) is 19.1 Å². The van der Waals surface area contributed by atoms with Crippen LogP contribution in [0.5, 0.6) is 0 Å². The van der Waals surface area contributed by atoms with E-state index in [-0.39, 0.29) is 0 Å². The van der Waals surface area contributed by atoms with Gasteiger partial charge in [-0.3, -0.25) is 10.1 Å². The first-order chi connectivity index (χ1) is 17.8. The van der Waals surface area contributed by atoms with Crippen LogP contribution >= 0.6 is 11.3 Å². The van der Waals surface area contributed by atoms with Crippen molar-refractivity contribution in [3.63, 3.8) is 0 Å². The Morgan fingerprint density at radius 2 is 1.65 bits per heavy atom. The van der Waals surface area contributed by atoms with Crippen molar-refractivity contribution in [2.24, 2.45) is 0 Å². The highest BCUT2D eigenvalue weighted by Gasteiger charge is 2.51. The number of carboxylic acids is 1. The molecule has 1 aliphatic rings. The average molecular weight is 516 g/mol. The summed E-state index contributed by atoms with van der Waals surface area (Å²) in [6.07, 6.45) is 0.139. The van der Waals surface area contributed by atoms with Crippen molar-refractivity contribution in [1.82, 2.24) is 0 Å². The summed E-state index contributed by atoms with van der Waals surface area (Å²) in [6, 6.07) is 24.0. The zero-order valence-corrected chi connectivity index (χ0v) is 21.3. The lowest BCUT2D eigenvalue weighted by Gasteiger charge is -2.17. The number of ether oxygens (including phenoxy) is 1. The zero-order chi connectivity index (χ0) is 26.2.